The number of methoxy groups -OCH3 is 2. The van der Waals surface area contributed by atoms with Gasteiger partial charge in [-0.3, -0.25) is 0 Å². The van der Waals surface area contributed by atoms with Gasteiger partial charge in [0.05, 0.1) is 31.9 Å². The first-order valence-corrected chi connectivity index (χ1v) is 10.7. The largest absolute Gasteiger partial charge is 0.497 e. The first-order chi connectivity index (χ1) is 13.4. The van der Waals surface area contributed by atoms with Gasteiger partial charge in [0.15, 0.2) is 5.82 Å². The number of sulfonamides is 1. The average Bonchev–Trinajstić information content (AvgIpc) is 2.72. The molecule has 1 aliphatic rings. The van der Waals surface area contributed by atoms with Gasteiger partial charge in [-0.25, -0.2) is 27.5 Å². The van der Waals surface area contributed by atoms with Crippen LogP contribution in [0.4, 0.5) is 4.39 Å². The highest BCUT2D eigenvalue weighted by atomic mass is 32.2. The lowest BCUT2D eigenvalue weighted by Gasteiger charge is -2.30. The van der Waals surface area contributed by atoms with Crippen LogP contribution in [0.25, 0.3) is 0 Å². The van der Waals surface area contributed by atoms with E-state index < -0.39 is 21.1 Å². The minimum absolute atomic E-state index is 0.100. The Hall–Kier alpha value is -2.26. The Bertz CT molecular complexity index is 906. The number of hydrogen-bond donors (Lipinski definition) is 1. The molecule has 2 aromatic rings. The number of hydrogen-bond acceptors (Lipinski definition) is 6. The van der Waals surface area contributed by atoms with Gasteiger partial charge in [-0.05, 0) is 18.9 Å². The van der Waals surface area contributed by atoms with Crippen molar-refractivity contribution in [2.24, 2.45) is 0 Å². The summed E-state index contributed by atoms with van der Waals surface area (Å²) in [6.45, 7) is 0.100. The van der Waals surface area contributed by atoms with Crippen molar-refractivity contribution in [2.45, 2.75) is 43.4 Å². The van der Waals surface area contributed by atoms with Crippen molar-refractivity contribution < 1.29 is 22.3 Å². The maximum Gasteiger partial charge on any atom is 0.215 e. The Balaban J connectivity index is 1.78. The lowest BCUT2D eigenvalue weighted by molar-refractivity contribution is 0.390. The second kappa shape index (κ2) is 8.83. The molecule has 0 bridgehead atoms. The minimum atomic E-state index is -3.64. The highest BCUT2D eigenvalue weighted by molar-refractivity contribution is 7.90. The van der Waals surface area contributed by atoms with Gasteiger partial charge in [0.1, 0.15) is 17.3 Å². The maximum absolute atomic E-state index is 13.1. The van der Waals surface area contributed by atoms with Crippen molar-refractivity contribution >= 4 is 10.0 Å². The molecular formula is C19H24FN3O4S. The van der Waals surface area contributed by atoms with Gasteiger partial charge >= 0.3 is 0 Å². The smallest absolute Gasteiger partial charge is 0.215 e. The van der Waals surface area contributed by atoms with Crippen LogP contribution in [-0.2, 0) is 16.6 Å². The summed E-state index contributed by atoms with van der Waals surface area (Å²) in [7, 11) is -0.563. The highest BCUT2D eigenvalue weighted by Gasteiger charge is 2.37. The van der Waals surface area contributed by atoms with Crippen LogP contribution < -0.4 is 14.2 Å². The van der Waals surface area contributed by atoms with Crippen LogP contribution in [0.2, 0.25) is 0 Å². The minimum Gasteiger partial charge on any atom is -0.497 e. The molecule has 1 aromatic heterocycles. The fourth-order valence-corrected chi connectivity index (χ4v) is 5.30. The molecule has 3 rings (SSSR count). The third-order valence-corrected chi connectivity index (χ3v) is 6.94. The predicted octanol–water partition coefficient (Wildman–Crippen LogP) is 2.78. The van der Waals surface area contributed by atoms with Gasteiger partial charge in [0, 0.05) is 24.1 Å². The molecule has 0 radical (unpaired) electrons. The quantitative estimate of drug-likeness (QED) is 0.756. The van der Waals surface area contributed by atoms with Gasteiger partial charge in [-0.1, -0.05) is 18.9 Å². The van der Waals surface area contributed by atoms with E-state index in [2.05, 4.69) is 14.7 Å². The molecule has 1 fully saturated rings. The number of ether oxygens (including phenoxy) is 2. The lowest BCUT2D eigenvalue weighted by Crippen LogP contribution is -2.40. The highest BCUT2D eigenvalue weighted by Crippen LogP contribution is 2.35. The standard InChI is InChI=1S/C19H24FN3O4S/c1-26-15-8-7-13(17(9-15)27-2)10-23-28(24,25)18-6-4-3-5-16(18)19-21-11-14(20)12-22-19/h7-9,11-12,16,18,23H,3-6,10H2,1-2H3/t16-,18+/m1/s1. The number of nitrogens with zero attached hydrogens (tertiary/aromatic N) is 2. The van der Waals surface area contributed by atoms with Gasteiger partial charge < -0.3 is 9.47 Å². The second-order valence-electron chi connectivity index (χ2n) is 6.73. The summed E-state index contributed by atoms with van der Waals surface area (Å²) in [5, 5.41) is -0.657. The molecule has 0 amide bonds. The monoisotopic (exact) mass is 409 g/mol. The van der Waals surface area contributed by atoms with E-state index in [0.29, 0.717) is 35.7 Å². The van der Waals surface area contributed by atoms with Gasteiger partial charge in [0.2, 0.25) is 10.0 Å². The van der Waals surface area contributed by atoms with Crippen LogP contribution in [-0.4, -0.2) is 37.9 Å². The van der Waals surface area contributed by atoms with Crippen molar-refractivity contribution in [3.05, 3.63) is 47.8 Å². The summed E-state index contributed by atoms with van der Waals surface area (Å²) in [6.07, 6.45) is 5.04. The van der Waals surface area contributed by atoms with E-state index in [0.717, 1.165) is 25.2 Å². The Morgan fingerprint density at radius 1 is 1.14 bits per heavy atom. The molecule has 9 heteroatoms. The van der Waals surface area contributed by atoms with Crippen LogP contribution >= 0.6 is 0 Å². The van der Waals surface area contributed by atoms with Gasteiger partial charge in [-0.2, -0.15) is 0 Å². The van der Waals surface area contributed by atoms with E-state index in [1.54, 1.807) is 25.3 Å². The molecule has 28 heavy (non-hydrogen) atoms. The third-order valence-electron chi connectivity index (χ3n) is 5.03. The van der Waals surface area contributed by atoms with E-state index in [-0.39, 0.29) is 12.5 Å². The summed E-state index contributed by atoms with van der Waals surface area (Å²) < 4.78 is 52.4. The second-order valence-corrected chi connectivity index (χ2v) is 8.72. The SMILES string of the molecule is COc1ccc(CNS(=O)(=O)[C@H]2CCCC[C@H]2c2ncc(F)cn2)c(OC)c1. The summed E-state index contributed by atoms with van der Waals surface area (Å²) in [6, 6.07) is 5.23. The third kappa shape index (κ3) is 4.59. The first-order valence-electron chi connectivity index (χ1n) is 9.11. The molecule has 0 spiro atoms. The van der Waals surface area contributed by atoms with Crippen molar-refractivity contribution in [2.75, 3.05) is 14.2 Å². The molecule has 0 unspecified atom stereocenters. The molecule has 2 atom stereocenters. The summed E-state index contributed by atoms with van der Waals surface area (Å²) in [5.74, 6) is 0.653. The molecule has 1 saturated carbocycles. The lowest BCUT2D eigenvalue weighted by atomic mass is 9.88. The fourth-order valence-electron chi connectivity index (χ4n) is 3.56. The van der Waals surface area contributed by atoms with Crippen molar-refractivity contribution in [3.8, 4) is 11.5 Å². The Labute approximate surface area is 164 Å². The van der Waals surface area contributed by atoms with Crippen LogP contribution in [0.3, 0.4) is 0 Å². The van der Waals surface area contributed by atoms with Crippen molar-refractivity contribution in [3.63, 3.8) is 0 Å². The topological polar surface area (TPSA) is 90.4 Å². The molecule has 1 aliphatic carbocycles. The van der Waals surface area contributed by atoms with Crippen LogP contribution in [0.5, 0.6) is 11.5 Å². The normalized spacial score (nSPS) is 20.0. The molecule has 7 nitrogen and oxygen atoms in total. The van der Waals surface area contributed by atoms with E-state index in [1.807, 2.05) is 0 Å². The molecule has 1 N–H and O–H groups in total. The van der Waals surface area contributed by atoms with E-state index in [9.17, 15) is 12.8 Å². The Morgan fingerprint density at radius 2 is 1.86 bits per heavy atom. The van der Waals surface area contributed by atoms with E-state index >= 15 is 0 Å². The predicted molar refractivity (Wildman–Crippen MR) is 102 cm³/mol. The van der Waals surface area contributed by atoms with Crippen LogP contribution in [0, 0.1) is 5.82 Å². The molecule has 1 heterocycles. The Morgan fingerprint density at radius 3 is 2.54 bits per heavy atom. The molecule has 152 valence electrons. The van der Waals surface area contributed by atoms with E-state index in [1.165, 1.54) is 7.11 Å². The molecule has 0 saturated heterocycles. The molecule has 1 aromatic carbocycles. The van der Waals surface area contributed by atoms with Crippen LogP contribution in [0.1, 0.15) is 43.0 Å². The van der Waals surface area contributed by atoms with Crippen molar-refractivity contribution in [1.29, 1.82) is 0 Å². The number of rotatable bonds is 7. The maximum atomic E-state index is 13.1. The number of nitrogens with one attached hydrogen (secondary N) is 1. The van der Waals surface area contributed by atoms with Crippen LogP contribution in [0.15, 0.2) is 30.6 Å². The zero-order chi connectivity index (χ0) is 20.1. The van der Waals surface area contributed by atoms with Crippen molar-refractivity contribution in [1.82, 2.24) is 14.7 Å². The summed E-state index contributed by atoms with van der Waals surface area (Å²) in [5.41, 5.74) is 0.706. The average molecular weight is 409 g/mol. The summed E-state index contributed by atoms with van der Waals surface area (Å²) >= 11 is 0. The zero-order valence-corrected chi connectivity index (χ0v) is 16.7. The first kappa shape index (κ1) is 20.5. The fraction of sp³-hybridized carbons (Fsp3) is 0.474. The Kier molecular flexibility index (Phi) is 6.46. The number of halogens is 1. The summed E-state index contributed by atoms with van der Waals surface area (Å²) in [4.78, 5) is 8.04. The van der Waals surface area contributed by atoms with Gasteiger partial charge in [-0.15, -0.1) is 0 Å². The number of aromatic nitrogens is 2. The number of benzene rings is 1. The molecular weight excluding hydrogens is 385 g/mol. The molecule has 0 aliphatic heterocycles. The zero-order valence-electron chi connectivity index (χ0n) is 15.9. The van der Waals surface area contributed by atoms with E-state index in [4.69, 9.17) is 9.47 Å². The van der Waals surface area contributed by atoms with Gasteiger partial charge in [0.25, 0.3) is 0 Å².